The highest BCUT2D eigenvalue weighted by Gasteiger charge is 2.19. The monoisotopic (exact) mass is 171 g/mol. The first-order valence-electron chi connectivity index (χ1n) is 5.30. The third kappa shape index (κ3) is 5.59. The lowest BCUT2D eigenvalue weighted by Crippen LogP contribution is -2.37. The standard InChI is InChI=1S/C11H25N/c1-5-7-8-11(4,12)9-10(3)6-2/h10H,5-9,12H2,1-4H3. The van der Waals surface area contributed by atoms with Gasteiger partial charge in [0.05, 0.1) is 0 Å². The normalized spacial score (nSPS) is 18.8. The fraction of sp³-hybridized carbons (Fsp3) is 1.00. The van der Waals surface area contributed by atoms with Crippen LogP contribution in [0.1, 0.15) is 59.8 Å². The average molecular weight is 171 g/mol. The van der Waals surface area contributed by atoms with Gasteiger partial charge in [0.2, 0.25) is 0 Å². The lowest BCUT2D eigenvalue weighted by Gasteiger charge is -2.27. The molecular formula is C11H25N. The van der Waals surface area contributed by atoms with Crippen LogP contribution in [-0.4, -0.2) is 5.54 Å². The lowest BCUT2D eigenvalue weighted by molar-refractivity contribution is 0.321. The summed E-state index contributed by atoms with van der Waals surface area (Å²) >= 11 is 0. The molecule has 2 unspecified atom stereocenters. The summed E-state index contributed by atoms with van der Waals surface area (Å²) in [5.74, 6) is 0.775. The molecular weight excluding hydrogens is 146 g/mol. The van der Waals surface area contributed by atoms with Gasteiger partial charge < -0.3 is 5.73 Å². The van der Waals surface area contributed by atoms with Gasteiger partial charge in [-0.15, -0.1) is 0 Å². The Kier molecular flexibility index (Phi) is 5.56. The van der Waals surface area contributed by atoms with E-state index in [0.29, 0.717) is 0 Å². The van der Waals surface area contributed by atoms with Crippen LogP contribution in [0.25, 0.3) is 0 Å². The smallest absolute Gasteiger partial charge is 0.0128 e. The number of hydrogen-bond donors (Lipinski definition) is 1. The highest BCUT2D eigenvalue weighted by atomic mass is 14.7. The van der Waals surface area contributed by atoms with E-state index in [0.717, 1.165) is 5.92 Å². The third-order valence-electron chi connectivity index (χ3n) is 2.61. The zero-order valence-corrected chi connectivity index (χ0v) is 9.19. The van der Waals surface area contributed by atoms with Crippen molar-refractivity contribution in [3.63, 3.8) is 0 Å². The number of hydrogen-bond acceptors (Lipinski definition) is 1. The van der Waals surface area contributed by atoms with Gasteiger partial charge in [-0.05, 0) is 25.7 Å². The molecule has 0 radical (unpaired) electrons. The maximum atomic E-state index is 6.18. The Morgan fingerprint density at radius 1 is 1.33 bits per heavy atom. The Morgan fingerprint density at radius 2 is 1.92 bits per heavy atom. The van der Waals surface area contributed by atoms with Crippen molar-refractivity contribution >= 4 is 0 Å². The molecule has 1 nitrogen and oxygen atoms in total. The lowest BCUT2D eigenvalue weighted by atomic mass is 9.85. The van der Waals surface area contributed by atoms with Gasteiger partial charge in [0.15, 0.2) is 0 Å². The van der Waals surface area contributed by atoms with E-state index in [9.17, 15) is 0 Å². The molecule has 0 aromatic rings. The zero-order chi connectivity index (χ0) is 9.61. The van der Waals surface area contributed by atoms with Crippen molar-refractivity contribution in [2.24, 2.45) is 11.7 Å². The minimum Gasteiger partial charge on any atom is -0.325 e. The highest BCUT2D eigenvalue weighted by Crippen LogP contribution is 2.21. The van der Waals surface area contributed by atoms with E-state index in [1.807, 2.05) is 0 Å². The Morgan fingerprint density at radius 3 is 2.33 bits per heavy atom. The number of nitrogens with two attached hydrogens (primary N) is 1. The molecule has 0 fully saturated rings. The number of unbranched alkanes of at least 4 members (excludes halogenated alkanes) is 1. The van der Waals surface area contributed by atoms with E-state index in [2.05, 4.69) is 27.7 Å². The van der Waals surface area contributed by atoms with Crippen molar-refractivity contribution in [2.45, 2.75) is 65.3 Å². The molecule has 0 aliphatic heterocycles. The van der Waals surface area contributed by atoms with Crippen LogP contribution in [0.2, 0.25) is 0 Å². The van der Waals surface area contributed by atoms with Gasteiger partial charge in [0.25, 0.3) is 0 Å². The predicted molar refractivity (Wildman–Crippen MR) is 56.2 cm³/mol. The van der Waals surface area contributed by atoms with Crippen LogP contribution in [0.4, 0.5) is 0 Å². The van der Waals surface area contributed by atoms with Crippen molar-refractivity contribution in [3.8, 4) is 0 Å². The molecule has 0 aromatic heterocycles. The Bertz CT molecular complexity index is 108. The van der Waals surface area contributed by atoms with Gasteiger partial charge in [0.1, 0.15) is 0 Å². The summed E-state index contributed by atoms with van der Waals surface area (Å²) in [5.41, 5.74) is 6.25. The van der Waals surface area contributed by atoms with Crippen molar-refractivity contribution in [1.29, 1.82) is 0 Å². The van der Waals surface area contributed by atoms with Crippen molar-refractivity contribution in [2.75, 3.05) is 0 Å². The maximum absolute atomic E-state index is 6.18. The Balaban J connectivity index is 3.69. The summed E-state index contributed by atoms with van der Waals surface area (Å²) in [5, 5.41) is 0. The van der Waals surface area contributed by atoms with Crippen molar-refractivity contribution < 1.29 is 0 Å². The molecule has 2 atom stereocenters. The quantitative estimate of drug-likeness (QED) is 0.652. The molecule has 0 saturated carbocycles. The van der Waals surface area contributed by atoms with E-state index >= 15 is 0 Å². The van der Waals surface area contributed by atoms with Crippen molar-refractivity contribution in [3.05, 3.63) is 0 Å². The molecule has 0 aromatic carbocycles. The zero-order valence-electron chi connectivity index (χ0n) is 9.19. The van der Waals surface area contributed by atoms with E-state index in [1.165, 1.54) is 32.1 Å². The van der Waals surface area contributed by atoms with Gasteiger partial charge >= 0.3 is 0 Å². The second-order valence-electron chi connectivity index (χ2n) is 4.48. The third-order valence-corrected chi connectivity index (χ3v) is 2.61. The SMILES string of the molecule is CCCCC(C)(N)CC(C)CC. The predicted octanol–water partition coefficient (Wildman–Crippen LogP) is 3.33. The van der Waals surface area contributed by atoms with Crippen LogP contribution >= 0.6 is 0 Å². The molecule has 0 saturated heterocycles. The van der Waals surface area contributed by atoms with Crippen molar-refractivity contribution in [1.82, 2.24) is 0 Å². The Hall–Kier alpha value is -0.0400. The molecule has 0 spiro atoms. The average Bonchev–Trinajstić information content (AvgIpc) is 2.00. The molecule has 0 aliphatic carbocycles. The molecule has 0 heterocycles. The van der Waals surface area contributed by atoms with E-state index in [4.69, 9.17) is 5.73 Å². The van der Waals surface area contributed by atoms with E-state index in [-0.39, 0.29) is 5.54 Å². The van der Waals surface area contributed by atoms with Gasteiger partial charge in [-0.2, -0.15) is 0 Å². The highest BCUT2D eigenvalue weighted by molar-refractivity contribution is 4.79. The molecule has 0 aliphatic rings. The van der Waals surface area contributed by atoms with Gasteiger partial charge in [-0.3, -0.25) is 0 Å². The molecule has 0 rings (SSSR count). The summed E-state index contributed by atoms with van der Waals surface area (Å²) in [6.07, 6.45) is 6.12. The molecule has 74 valence electrons. The van der Waals surface area contributed by atoms with Gasteiger partial charge in [0, 0.05) is 5.54 Å². The second-order valence-corrected chi connectivity index (χ2v) is 4.48. The number of rotatable bonds is 6. The van der Waals surface area contributed by atoms with Crippen LogP contribution < -0.4 is 5.73 Å². The molecule has 2 N–H and O–H groups in total. The van der Waals surface area contributed by atoms with Crippen LogP contribution in [-0.2, 0) is 0 Å². The minimum atomic E-state index is 0.0748. The first kappa shape index (κ1) is 12.0. The first-order valence-corrected chi connectivity index (χ1v) is 5.30. The molecule has 1 heteroatoms. The van der Waals surface area contributed by atoms with E-state index < -0.39 is 0 Å². The first-order chi connectivity index (χ1) is 5.52. The maximum Gasteiger partial charge on any atom is 0.0128 e. The summed E-state index contributed by atoms with van der Waals surface area (Å²) in [6, 6.07) is 0. The van der Waals surface area contributed by atoms with Crippen LogP contribution in [0.5, 0.6) is 0 Å². The fourth-order valence-corrected chi connectivity index (χ4v) is 1.62. The fourth-order valence-electron chi connectivity index (χ4n) is 1.62. The van der Waals surface area contributed by atoms with Crippen LogP contribution in [0.3, 0.4) is 0 Å². The summed E-state index contributed by atoms with van der Waals surface area (Å²) in [7, 11) is 0. The molecule has 12 heavy (non-hydrogen) atoms. The summed E-state index contributed by atoms with van der Waals surface area (Å²) in [6.45, 7) is 8.94. The van der Waals surface area contributed by atoms with Gasteiger partial charge in [-0.25, -0.2) is 0 Å². The van der Waals surface area contributed by atoms with E-state index in [1.54, 1.807) is 0 Å². The summed E-state index contributed by atoms with van der Waals surface area (Å²) < 4.78 is 0. The van der Waals surface area contributed by atoms with Crippen LogP contribution in [0.15, 0.2) is 0 Å². The molecule has 0 bridgehead atoms. The summed E-state index contributed by atoms with van der Waals surface area (Å²) in [4.78, 5) is 0. The van der Waals surface area contributed by atoms with Crippen LogP contribution in [0, 0.1) is 5.92 Å². The largest absolute Gasteiger partial charge is 0.325 e. The molecule has 0 amide bonds. The Labute approximate surface area is 77.7 Å². The van der Waals surface area contributed by atoms with Gasteiger partial charge in [-0.1, -0.05) is 40.0 Å². The topological polar surface area (TPSA) is 26.0 Å². The minimum absolute atomic E-state index is 0.0748. The second kappa shape index (κ2) is 5.58.